The van der Waals surface area contributed by atoms with Crippen LogP contribution in [-0.2, 0) is 21.2 Å². The van der Waals surface area contributed by atoms with Gasteiger partial charge in [-0.3, -0.25) is 4.79 Å². The van der Waals surface area contributed by atoms with Crippen LogP contribution in [0, 0.1) is 5.41 Å². The van der Waals surface area contributed by atoms with E-state index in [2.05, 4.69) is 0 Å². The molecule has 0 atom stereocenters. The predicted molar refractivity (Wildman–Crippen MR) is 68.5 cm³/mol. The second-order valence-corrected chi connectivity index (χ2v) is 7.59. The fraction of sp³-hybridized carbons (Fsp3) is 0.462. The van der Waals surface area contributed by atoms with Crippen molar-refractivity contribution < 1.29 is 27.1 Å². The van der Waals surface area contributed by atoms with Gasteiger partial charge in [-0.25, -0.2) is 17.2 Å². The number of rotatable bonds is 4. The summed E-state index contributed by atoms with van der Waals surface area (Å²) in [6.07, 6.45) is -0.442. The summed E-state index contributed by atoms with van der Waals surface area (Å²) in [7, 11) is -3.78. The number of carboxylic acid groups (broad SMARTS) is 1. The van der Waals surface area contributed by atoms with E-state index in [0.29, 0.717) is 5.56 Å². The second-order valence-electron chi connectivity index (χ2n) is 5.65. The van der Waals surface area contributed by atoms with Crippen molar-refractivity contribution in [1.29, 1.82) is 0 Å². The van der Waals surface area contributed by atoms with Gasteiger partial charge < -0.3 is 5.11 Å². The quantitative estimate of drug-likeness (QED) is 0.909. The van der Waals surface area contributed by atoms with Gasteiger partial charge in [-0.05, 0) is 17.7 Å². The molecule has 3 rings (SSSR count). The van der Waals surface area contributed by atoms with Crippen LogP contribution in [0.25, 0.3) is 0 Å². The number of halogens is 2. The van der Waals surface area contributed by atoms with Crippen molar-refractivity contribution in [2.45, 2.75) is 23.7 Å². The molecule has 0 aromatic heterocycles. The van der Waals surface area contributed by atoms with Gasteiger partial charge in [0.2, 0.25) is 10.0 Å². The maximum atomic E-state index is 13.1. The molecule has 0 radical (unpaired) electrons. The van der Waals surface area contributed by atoms with E-state index in [1.165, 1.54) is 24.3 Å². The van der Waals surface area contributed by atoms with E-state index in [-0.39, 0.29) is 30.8 Å². The Balaban J connectivity index is 1.73. The van der Waals surface area contributed by atoms with Crippen molar-refractivity contribution in [3.63, 3.8) is 0 Å². The van der Waals surface area contributed by atoms with E-state index >= 15 is 0 Å². The molecule has 2 fully saturated rings. The molecule has 0 bridgehead atoms. The minimum Gasteiger partial charge on any atom is -0.481 e. The van der Waals surface area contributed by atoms with Crippen molar-refractivity contribution >= 4 is 16.0 Å². The first kappa shape index (κ1) is 14.4. The fourth-order valence-electron chi connectivity index (χ4n) is 2.63. The SMILES string of the molecule is O=C(O)Cc1ccc(S(=O)(=O)N2CC3(C2)CC3(F)F)cc1. The first-order valence-electron chi connectivity index (χ1n) is 6.35. The van der Waals surface area contributed by atoms with Gasteiger partial charge in [-0.2, -0.15) is 4.31 Å². The third-order valence-electron chi connectivity index (χ3n) is 4.09. The fourth-order valence-corrected chi connectivity index (χ4v) is 4.24. The molecule has 0 unspecified atom stereocenters. The summed E-state index contributed by atoms with van der Waals surface area (Å²) >= 11 is 0. The number of benzene rings is 1. The Morgan fingerprint density at radius 2 is 1.76 bits per heavy atom. The van der Waals surface area contributed by atoms with Crippen LogP contribution in [0.4, 0.5) is 8.78 Å². The first-order valence-corrected chi connectivity index (χ1v) is 7.79. The highest BCUT2D eigenvalue weighted by atomic mass is 32.2. The van der Waals surface area contributed by atoms with E-state index in [1.54, 1.807) is 0 Å². The molecule has 0 amide bonds. The number of hydrogen-bond donors (Lipinski definition) is 1. The van der Waals surface area contributed by atoms with Crippen molar-refractivity contribution in [3.8, 4) is 0 Å². The summed E-state index contributed by atoms with van der Waals surface area (Å²) < 4.78 is 51.7. The molecule has 1 aromatic rings. The zero-order chi connectivity index (χ0) is 15.5. The van der Waals surface area contributed by atoms with Crippen LogP contribution in [0.1, 0.15) is 12.0 Å². The summed E-state index contributed by atoms with van der Waals surface area (Å²) in [4.78, 5) is 10.6. The molecule has 1 N–H and O–H groups in total. The van der Waals surface area contributed by atoms with Gasteiger partial charge in [0, 0.05) is 19.5 Å². The van der Waals surface area contributed by atoms with E-state index in [1.807, 2.05) is 0 Å². The second kappa shape index (κ2) is 4.23. The molecule has 1 heterocycles. The molecule has 8 heteroatoms. The van der Waals surface area contributed by atoms with Crippen LogP contribution >= 0.6 is 0 Å². The van der Waals surface area contributed by atoms with Crippen molar-refractivity contribution in [2.24, 2.45) is 5.41 Å². The lowest BCUT2D eigenvalue weighted by atomic mass is 10.00. The molecule has 1 aliphatic carbocycles. The van der Waals surface area contributed by atoms with Gasteiger partial charge in [-0.15, -0.1) is 0 Å². The topological polar surface area (TPSA) is 74.7 Å². The maximum Gasteiger partial charge on any atom is 0.307 e. The Morgan fingerprint density at radius 3 is 2.19 bits per heavy atom. The van der Waals surface area contributed by atoms with Crippen LogP contribution < -0.4 is 0 Å². The third-order valence-corrected chi connectivity index (χ3v) is 5.89. The number of alkyl halides is 2. The standard InChI is InChI=1S/C13H13F2NO4S/c14-13(15)6-12(13)7-16(8-12)21(19,20)10-3-1-9(2-4-10)5-11(17)18/h1-4H,5-8H2,(H,17,18). The minimum atomic E-state index is -3.78. The van der Waals surface area contributed by atoms with Crippen molar-refractivity contribution in [2.75, 3.05) is 13.1 Å². The highest BCUT2D eigenvalue weighted by molar-refractivity contribution is 7.89. The van der Waals surface area contributed by atoms with E-state index in [0.717, 1.165) is 4.31 Å². The van der Waals surface area contributed by atoms with Crippen LogP contribution in [0.5, 0.6) is 0 Å². The summed E-state index contributed by atoms with van der Waals surface area (Å²) in [6, 6.07) is 5.46. The molecule has 1 saturated heterocycles. The third kappa shape index (κ3) is 2.22. The molecule has 1 aromatic carbocycles. The Labute approximate surface area is 120 Å². The molecule has 1 spiro atoms. The number of hydrogen-bond acceptors (Lipinski definition) is 3. The molecule has 114 valence electrons. The minimum absolute atomic E-state index is 0.00421. The first-order chi connectivity index (χ1) is 9.66. The van der Waals surface area contributed by atoms with Gasteiger partial charge in [0.05, 0.1) is 16.7 Å². The molecular weight excluding hydrogens is 304 g/mol. The highest BCUT2D eigenvalue weighted by Crippen LogP contribution is 2.65. The summed E-state index contributed by atoms with van der Waals surface area (Å²) in [6.45, 7) is -0.307. The Bertz CT molecular complexity index is 693. The lowest BCUT2D eigenvalue weighted by Crippen LogP contribution is -2.53. The number of aliphatic carboxylic acids is 1. The van der Waals surface area contributed by atoms with Gasteiger partial charge in [0.1, 0.15) is 0 Å². The number of carbonyl (C=O) groups is 1. The lowest BCUT2D eigenvalue weighted by Gasteiger charge is -2.38. The zero-order valence-corrected chi connectivity index (χ0v) is 11.7. The van der Waals surface area contributed by atoms with E-state index < -0.39 is 27.3 Å². The monoisotopic (exact) mass is 317 g/mol. The predicted octanol–water partition coefficient (Wildman–Crippen LogP) is 1.34. The largest absolute Gasteiger partial charge is 0.481 e. The molecule has 1 aliphatic heterocycles. The number of carboxylic acids is 1. The van der Waals surface area contributed by atoms with Crippen LogP contribution in [-0.4, -0.2) is 42.8 Å². The molecule has 1 saturated carbocycles. The van der Waals surface area contributed by atoms with Crippen LogP contribution in [0.3, 0.4) is 0 Å². The van der Waals surface area contributed by atoms with Gasteiger partial charge in [0.15, 0.2) is 0 Å². The summed E-state index contributed by atoms with van der Waals surface area (Å²) in [5, 5.41) is 8.65. The van der Waals surface area contributed by atoms with Gasteiger partial charge >= 0.3 is 5.97 Å². The summed E-state index contributed by atoms with van der Waals surface area (Å²) in [5.41, 5.74) is -0.668. The zero-order valence-electron chi connectivity index (χ0n) is 10.9. The molecule has 5 nitrogen and oxygen atoms in total. The Hall–Kier alpha value is -1.54. The maximum absolute atomic E-state index is 13.1. The van der Waals surface area contributed by atoms with E-state index in [9.17, 15) is 22.0 Å². The smallest absolute Gasteiger partial charge is 0.307 e. The van der Waals surface area contributed by atoms with E-state index in [4.69, 9.17) is 5.11 Å². The van der Waals surface area contributed by atoms with Crippen molar-refractivity contribution in [1.82, 2.24) is 4.31 Å². The van der Waals surface area contributed by atoms with Crippen molar-refractivity contribution in [3.05, 3.63) is 29.8 Å². The summed E-state index contributed by atoms with van der Waals surface area (Å²) in [5.74, 6) is -3.75. The molecular formula is C13H13F2NO4S. The molecule has 21 heavy (non-hydrogen) atoms. The number of sulfonamides is 1. The average molecular weight is 317 g/mol. The average Bonchev–Trinajstić information content (AvgIpc) is 2.91. The van der Waals surface area contributed by atoms with Crippen LogP contribution in [0.15, 0.2) is 29.2 Å². The Kier molecular flexibility index (Phi) is 2.90. The van der Waals surface area contributed by atoms with Gasteiger partial charge in [0.25, 0.3) is 5.92 Å². The lowest BCUT2D eigenvalue weighted by molar-refractivity contribution is -0.136. The highest BCUT2D eigenvalue weighted by Gasteiger charge is 2.77. The Morgan fingerprint density at radius 1 is 1.24 bits per heavy atom. The van der Waals surface area contributed by atoms with Gasteiger partial charge in [-0.1, -0.05) is 12.1 Å². The number of nitrogens with zero attached hydrogens (tertiary/aromatic N) is 1. The normalized spacial score (nSPS) is 22.8. The molecule has 2 aliphatic rings. The van der Waals surface area contributed by atoms with Crippen LogP contribution in [0.2, 0.25) is 0 Å².